The van der Waals surface area contributed by atoms with Crippen molar-refractivity contribution < 1.29 is 4.79 Å². The van der Waals surface area contributed by atoms with Gasteiger partial charge in [-0.1, -0.05) is 24.8 Å². The van der Waals surface area contributed by atoms with Gasteiger partial charge >= 0.3 is 0 Å². The second-order valence-corrected chi connectivity index (χ2v) is 9.18. The predicted molar refractivity (Wildman–Crippen MR) is 103 cm³/mol. The van der Waals surface area contributed by atoms with E-state index in [-0.39, 0.29) is 5.41 Å². The van der Waals surface area contributed by atoms with E-state index in [0.717, 1.165) is 49.1 Å². The Morgan fingerprint density at radius 2 is 2.20 bits per heavy atom. The zero-order valence-corrected chi connectivity index (χ0v) is 15.2. The van der Waals surface area contributed by atoms with Gasteiger partial charge in [0.2, 0.25) is 0 Å². The zero-order chi connectivity index (χ0) is 17.1. The van der Waals surface area contributed by atoms with E-state index >= 15 is 0 Å². The van der Waals surface area contributed by atoms with E-state index < -0.39 is 0 Å². The number of hydrogen-bond acceptors (Lipinski definition) is 3. The quantitative estimate of drug-likeness (QED) is 0.598. The highest BCUT2D eigenvalue weighted by Crippen LogP contribution is 2.80. The van der Waals surface area contributed by atoms with E-state index in [2.05, 4.69) is 41.9 Å². The summed E-state index contributed by atoms with van der Waals surface area (Å²) >= 11 is 1.65. The average Bonchev–Trinajstić information content (AvgIpc) is 3.40. The van der Waals surface area contributed by atoms with Crippen LogP contribution >= 0.6 is 11.3 Å². The molecule has 3 atom stereocenters. The molecule has 25 heavy (non-hydrogen) atoms. The summed E-state index contributed by atoms with van der Waals surface area (Å²) in [5.41, 5.74) is 3.13. The average molecular weight is 349 g/mol. The minimum absolute atomic E-state index is 0.224. The van der Waals surface area contributed by atoms with E-state index in [0.29, 0.717) is 11.2 Å². The Kier molecular flexibility index (Phi) is 3.37. The lowest BCUT2D eigenvalue weighted by atomic mass is 9.73. The molecule has 1 aromatic heterocycles. The summed E-state index contributed by atoms with van der Waals surface area (Å²) in [5, 5.41) is 4.64. The number of carbonyl (C=O) groups excluding carboxylic acids is 1. The molecule has 2 nitrogen and oxygen atoms in total. The molecular formula is C22H23NOS. The van der Waals surface area contributed by atoms with E-state index in [1.165, 1.54) is 16.5 Å². The number of Topliss-reactive ketones (excluding diaryl/α,β-unsaturated/α-hetero) is 1. The second kappa shape index (κ2) is 5.41. The number of carbonyl (C=O) groups is 1. The van der Waals surface area contributed by atoms with E-state index in [1.807, 2.05) is 12.1 Å². The number of thiophene rings is 1. The van der Waals surface area contributed by atoms with Gasteiger partial charge in [-0.3, -0.25) is 4.79 Å². The number of benzene rings is 1. The highest BCUT2D eigenvalue weighted by atomic mass is 32.1. The van der Waals surface area contributed by atoms with Crippen LogP contribution in [0.1, 0.15) is 35.4 Å². The molecule has 2 saturated carbocycles. The third-order valence-corrected chi connectivity index (χ3v) is 7.96. The molecule has 3 aliphatic rings. The summed E-state index contributed by atoms with van der Waals surface area (Å²) in [6, 6.07) is 10.4. The van der Waals surface area contributed by atoms with Crippen LogP contribution in [-0.2, 0) is 0 Å². The van der Waals surface area contributed by atoms with E-state index in [1.54, 1.807) is 11.3 Å². The number of hydrogen-bond donors (Lipinski definition) is 1. The van der Waals surface area contributed by atoms with Crippen LogP contribution in [0.2, 0.25) is 0 Å². The smallest absolute Gasteiger partial charge is 0.180 e. The highest BCUT2D eigenvalue weighted by Gasteiger charge is 2.74. The van der Waals surface area contributed by atoms with Gasteiger partial charge in [-0.25, -0.2) is 0 Å². The van der Waals surface area contributed by atoms with Gasteiger partial charge < -0.3 is 5.32 Å². The molecule has 1 aliphatic heterocycles. The molecule has 0 amide bonds. The van der Waals surface area contributed by atoms with Crippen molar-refractivity contribution in [1.29, 1.82) is 0 Å². The first-order valence-electron chi connectivity index (χ1n) is 9.30. The number of allylic oxidation sites excluding steroid dienone is 1. The summed E-state index contributed by atoms with van der Waals surface area (Å²) in [6.45, 7) is 5.56. The van der Waals surface area contributed by atoms with Crippen LogP contribution in [-0.4, -0.2) is 18.9 Å². The van der Waals surface area contributed by atoms with Crippen molar-refractivity contribution in [2.75, 3.05) is 13.1 Å². The molecule has 0 spiro atoms. The zero-order valence-electron chi connectivity index (χ0n) is 14.4. The summed E-state index contributed by atoms with van der Waals surface area (Å²) < 4.78 is 1.21. The molecule has 0 radical (unpaired) electrons. The monoisotopic (exact) mass is 349 g/mol. The Morgan fingerprint density at radius 3 is 2.84 bits per heavy atom. The first-order chi connectivity index (χ1) is 12.2. The molecule has 128 valence electrons. The normalized spacial score (nSPS) is 35.2. The fourth-order valence-corrected chi connectivity index (χ4v) is 6.15. The van der Waals surface area contributed by atoms with Crippen LogP contribution in [0.5, 0.6) is 0 Å². The Hall–Kier alpha value is -1.67. The van der Waals surface area contributed by atoms with Crippen LogP contribution < -0.4 is 5.32 Å². The van der Waals surface area contributed by atoms with Gasteiger partial charge in [0.25, 0.3) is 0 Å². The molecule has 2 heterocycles. The minimum atomic E-state index is -0.224. The molecule has 2 aromatic rings. The summed E-state index contributed by atoms with van der Waals surface area (Å²) in [5.74, 6) is 2.06. The summed E-state index contributed by atoms with van der Waals surface area (Å²) in [4.78, 5) is 14.4. The van der Waals surface area contributed by atoms with E-state index in [9.17, 15) is 4.79 Å². The molecule has 0 bridgehead atoms. The molecule has 3 fully saturated rings. The number of rotatable bonds is 6. The number of fused-ring (bicyclic) bond motifs is 2. The second-order valence-electron chi connectivity index (χ2n) is 8.09. The van der Waals surface area contributed by atoms with Gasteiger partial charge in [0.1, 0.15) is 0 Å². The summed E-state index contributed by atoms with van der Waals surface area (Å²) in [7, 11) is 0. The van der Waals surface area contributed by atoms with Crippen LogP contribution in [0.15, 0.2) is 48.7 Å². The fourth-order valence-electron chi connectivity index (χ4n) is 5.02. The lowest BCUT2D eigenvalue weighted by molar-refractivity contribution is 0.0793. The Bertz CT molecular complexity index is 857. The Labute approximate surface area is 152 Å². The SMILES string of the molecule is C=C=CC1(CCC2(C(=O)c3cc4ccccc4s3)CCNC2)C2CC21. The predicted octanol–water partition coefficient (Wildman–Crippen LogP) is 4.82. The largest absolute Gasteiger partial charge is 0.316 e. The third kappa shape index (κ3) is 2.30. The Balaban J connectivity index is 1.41. The Morgan fingerprint density at radius 1 is 1.36 bits per heavy atom. The number of ketones is 1. The van der Waals surface area contributed by atoms with Crippen molar-refractivity contribution in [2.45, 2.75) is 25.7 Å². The molecule has 1 N–H and O–H groups in total. The molecule has 3 unspecified atom stereocenters. The molecule has 2 aliphatic carbocycles. The highest BCUT2D eigenvalue weighted by molar-refractivity contribution is 7.20. The lowest BCUT2D eigenvalue weighted by Gasteiger charge is -2.29. The van der Waals surface area contributed by atoms with Crippen LogP contribution in [0.3, 0.4) is 0 Å². The van der Waals surface area contributed by atoms with E-state index in [4.69, 9.17) is 0 Å². The van der Waals surface area contributed by atoms with Crippen molar-refractivity contribution in [1.82, 2.24) is 5.32 Å². The third-order valence-electron chi connectivity index (χ3n) is 6.84. The molecule has 1 saturated heterocycles. The first-order valence-corrected chi connectivity index (χ1v) is 10.1. The van der Waals surface area contributed by atoms with Crippen LogP contribution in [0.4, 0.5) is 0 Å². The van der Waals surface area contributed by atoms with Gasteiger partial charge in [0.15, 0.2) is 5.78 Å². The van der Waals surface area contributed by atoms with Gasteiger partial charge in [-0.15, -0.1) is 17.1 Å². The minimum Gasteiger partial charge on any atom is -0.316 e. The van der Waals surface area contributed by atoms with Crippen molar-refractivity contribution >= 4 is 27.2 Å². The molecule has 1 aromatic carbocycles. The van der Waals surface area contributed by atoms with Crippen molar-refractivity contribution in [2.24, 2.45) is 22.7 Å². The molecule has 3 heteroatoms. The standard InChI is InChI=1S/C22H23NOS/c1-2-7-22(16-13-17(16)22)9-8-21(10-11-23-14-21)20(24)19-12-15-5-3-4-6-18(15)25-19/h3-7,12,16-17,23H,1,8-11,13-14H2. The van der Waals surface area contributed by atoms with Gasteiger partial charge in [0, 0.05) is 22.1 Å². The van der Waals surface area contributed by atoms with Gasteiger partial charge in [0.05, 0.1) is 4.88 Å². The first kappa shape index (κ1) is 15.6. The van der Waals surface area contributed by atoms with Crippen molar-refractivity contribution in [3.8, 4) is 0 Å². The lowest BCUT2D eigenvalue weighted by Crippen LogP contribution is -2.34. The van der Waals surface area contributed by atoms with Crippen molar-refractivity contribution in [3.05, 3.63) is 53.6 Å². The number of nitrogens with one attached hydrogen (secondary N) is 1. The maximum absolute atomic E-state index is 13.5. The summed E-state index contributed by atoms with van der Waals surface area (Å²) in [6.07, 6.45) is 6.63. The van der Waals surface area contributed by atoms with Gasteiger partial charge in [-0.05, 0) is 67.7 Å². The van der Waals surface area contributed by atoms with Crippen molar-refractivity contribution in [3.63, 3.8) is 0 Å². The maximum atomic E-state index is 13.5. The topological polar surface area (TPSA) is 29.1 Å². The molecule has 5 rings (SSSR count). The fraction of sp³-hybridized carbons (Fsp3) is 0.455. The van der Waals surface area contributed by atoms with Crippen LogP contribution in [0.25, 0.3) is 10.1 Å². The van der Waals surface area contributed by atoms with Crippen LogP contribution in [0, 0.1) is 22.7 Å². The molecular weight excluding hydrogens is 326 g/mol. The maximum Gasteiger partial charge on any atom is 0.180 e. The van der Waals surface area contributed by atoms with Gasteiger partial charge in [-0.2, -0.15) is 0 Å².